The molecule has 0 aliphatic carbocycles. The number of aliphatic hydroxyl groups excluding tert-OH is 1. The zero-order valence-corrected chi connectivity index (χ0v) is 9.82. The predicted octanol–water partition coefficient (Wildman–Crippen LogP) is 1.16. The molecule has 16 heavy (non-hydrogen) atoms. The molecule has 1 atom stereocenters. The first-order valence-corrected chi connectivity index (χ1v) is 5.96. The first-order valence-electron chi connectivity index (χ1n) is 5.96. The van der Waals surface area contributed by atoms with Crippen LogP contribution in [0.1, 0.15) is 12.0 Å². The van der Waals surface area contributed by atoms with Crippen LogP contribution in [-0.4, -0.2) is 37.4 Å². The highest BCUT2D eigenvalue weighted by molar-refractivity contribution is 5.49. The molecule has 0 amide bonds. The molecule has 0 spiro atoms. The van der Waals surface area contributed by atoms with Crippen LogP contribution in [0.2, 0.25) is 0 Å². The molecule has 1 aliphatic heterocycles. The van der Waals surface area contributed by atoms with E-state index in [-0.39, 0.29) is 12.6 Å². The largest absolute Gasteiger partial charge is 0.394 e. The molecular weight excluding hydrogens is 200 g/mol. The predicted molar refractivity (Wildman–Crippen MR) is 66.9 cm³/mol. The number of aliphatic hydroxyl groups is 1. The third-order valence-electron chi connectivity index (χ3n) is 3.12. The lowest BCUT2D eigenvalue weighted by Gasteiger charge is -2.30. The second-order valence-electron chi connectivity index (χ2n) is 4.43. The Morgan fingerprint density at radius 1 is 1.50 bits per heavy atom. The van der Waals surface area contributed by atoms with Gasteiger partial charge >= 0.3 is 0 Å². The van der Waals surface area contributed by atoms with Gasteiger partial charge in [0.1, 0.15) is 0 Å². The van der Waals surface area contributed by atoms with Gasteiger partial charge in [0.05, 0.1) is 12.6 Å². The molecule has 0 bridgehead atoms. The summed E-state index contributed by atoms with van der Waals surface area (Å²) in [5.74, 6) is 0. The molecule has 1 aromatic carbocycles. The third-order valence-corrected chi connectivity index (χ3v) is 3.12. The highest BCUT2D eigenvalue weighted by Crippen LogP contribution is 2.19. The SMILES string of the molecule is Cc1cccc(N2CCCNCC2CO)c1. The lowest BCUT2D eigenvalue weighted by molar-refractivity contribution is 0.260. The summed E-state index contributed by atoms with van der Waals surface area (Å²) >= 11 is 0. The van der Waals surface area contributed by atoms with Crippen LogP contribution >= 0.6 is 0 Å². The van der Waals surface area contributed by atoms with Gasteiger partial charge in [0.2, 0.25) is 0 Å². The van der Waals surface area contributed by atoms with E-state index in [0.717, 1.165) is 26.1 Å². The smallest absolute Gasteiger partial charge is 0.0647 e. The summed E-state index contributed by atoms with van der Waals surface area (Å²) in [5.41, 5.74) is 2.49. The van der Waals surface area contributed by atoms with E-state index in [1.54, 1.807) is 0 Å². The average Bonchev–Trinajstić information content (AvgIpc) is 2.53. The quantitative estimate of drug-likeness (QED) is 0.785. The van der Waals surface area contributed by atoms with Gasteiger partial charge in [0.15, 0.2) is 0 Å². The summed E-state index contributed by atoms with van der Waals surface area (Å²) in [6, 6.07) is 8.70. The molecule has 1 aliphatic rings. The Kier molecular flexibility index (Phi) is 3.80. The van der Waals surface area contributed by atoms with Crippen molar-refractivity contribution in [3.05, 3.63) is 29.8 Å². The molecule has 1 fully saturated rings. The van der Waals surface area contributed by atoms with Crippen LogP contribution in [0.5, 0.6) is 0 Å². The van der Waals surface area contributed by atoms with Crippen molar-refractivity contribution >= 4 is 5.69 Å². The van der Waals surface area contributed by atoms with Crippen molar-refractivity contribution in [2.24, 2.45) is 0 Å². The van der Waals surface area contributed by atoms with Crippen LogP contribution in [0.4, 0.5) is 5.69 Å². The molecular formula is C13H20N2O. The minimum absolute atomic E-state index is 0.198. The average molecular weight is 220 g/mol. The molecule has 2 rings (SSSR count). The van der Waals surface area contributed by atoms with E-state index in [1.165, 1.54) is 11.3 Å². The van der Waals surface area contributed by atoms with E-state index in [2.05, 4.69) is 41.4 Å². The Labute approximate surface area is 97.1 Å². The second kappa shape index (κ2) is 5.32. The zero-order chi connectivity index (χ0) is 11.4. The van der Waals surface area contributed by atoms with Crippen LogP contribution in [0, 0.1) is 6.92 Å². The number of anilines is 1. The molecule has 1 heterocycles. The first kappa shape index (κ1) is 11.4. The van der Waals surface area contributed by atoms with Crippen molar-refractivity contribution in [3.8, 4) is 0 Å². The minimum Gasteiger partial charge on any atom is -0.394 e. The lowest BCUT2D eigenvalue weighted by atomic mass is 10.1. The normalized spacial score (nSPS) is 21.9. The fourth-order valence-corrected chi connectivity index (χ4v) is 2.25. The fraction of sp³-hybridized carbons (Fsp3) is 0.538. The van der Waals surface area contributed by atoms with Crippen LogP contribution in [0.15, 0.2) is 24.3 Å². The van der Waals surface area contributed by atoms with Crippen LogP contribution < -0.4 is 10.2 Å². The maximum atomic E-state index is 9.44. The molecule has 1 unspecified atom stereocenters. The molecule has 1 aromatic rings. The highest BCUT2D eigenvalue weighted by Gasteiger charge is 2.20. The topological polar surface area (TPSA) is 35.5 Å². The Morgan fingerprint density at radius 3 is 3.12 bits per heavy atom. The molecule has 3 nitrogen and oxygen atoms in total. The maximum Gasteiger partial charge on any atom is 0.0647 e. The Bertz CT molecular complexity index is 340. The van der Waals surface area contributed by atoms with Gasteiger partial charge in [-0.25, -0.2) is 0 Å². The molecule has 2 N–H and O–H groups in total. The Morgan fingerprint density at radius 2 is 2.38 bits per heavy atom. The number of nitrogens with zero attached hydrogens (tertiary/aromatic N) is 1. The van der Waals surface area contributed by atoms with Crippen molar-refractivity contribution in [3.63, 3.8) is 0 Å². The van der Waals surface area contributed by atoms with Gasteiger partial charge in [-0.1, -0.05) is 12.1 Å². The van der Waals surface area contributed by atoms with Crippen molar-refractivity contribution in [2.75, 3.05) is 31.1 Å². The Hall–Kier alpha value is -1.06. The van der Waals surface area contributed by atoms with Crippen molar-refractivity contribution in [1.29, 1.82) is 0 Å². The van der Waals surface area contributed by atoms with Crippen LogP contribution in [0.3, 0.4) is 0 Å². The lowest BCUT2D eigenvalue weighted by Crippen LogP contribution is -2.42. The van der Waals surface area contributed by atoms with E-state index in [0.29, 0.717) is 0 Å². The molecule has 0 aromatic heterocycles. The number of hydrogen-bond acceptors (Lipinski definition) is 3. The number of nitrogens with one attached hydrogen (secondary N) is 1. The number of aryl methyl sites for hydroxylation is 1. The van der Waals surface area contributed by atoms with E-state index < -0.39 is 0 Å². The highest BCUT2D eigenvalue weighted by atomic mass is 16.3. The van der Waals surface area contributed by atoms with Gasteiger partial charge in [-0.15, -0.1) is 0 Å². The van der Waals surface area contributed by atoms with Gasteiger partial charge in [0.25, 0.3) is 0 Å². The summed E-state index contributed by atoms with van der Waals surface area (Å²) in [5, 5.41) is 12.8. The monoisotopic (exact) mass is 220 g/mol. The molecule has 0 radical (unpaired) electrons. The zero-order valence-electron chi connectivity index (χ0n) is 9.82. The third kappa shape index (κ3) is 2.54. The van der Waals surface area contributed by atoms with Crippen molar-refractivity contribution in [1.82, 2.24) is 5.32 Å². The second-order valence-corrected chi connectivity index (χ2v) is 4.43. The van der Waals surface area contributed by atoms with E-state index in [4.69, 9.17) is 0 Å². The number of benzene rings is 1. The minimum atomic E-state index is 0.198. The van der Waals surface area contributed by atoms with Crippen molar-refractivity contribution < 1.29 is 5.11 Å². The van der Waals surface area contributed by atoms with Gasteiger partial charge in [-0.3, -0.25) is 0 Å². The Balaban J connectivity index is 2.21. The van der Waals surface area contributed by atoms with Crippen LogP contribution in [-0.2, 0) is 0 Å². The molecule has 3 heteroatoms. The van der Waals surface area contributed by atoms with Crippen LogP contribution in [0.25, 0.3) is 0 Å². The van der Waals surface area contributed by atoms with Gasteiger partial charge < -0.3 is 15.3 Å². The molecule has 1 saturated heterocycles. The van der Waals surface area contributed by atoms with Gasteiger partial charge in [-0.2, -0.15) is 0 Å². The summed E-state index contributed by atoms with van der Waals surface area (Å²) in [4.78, 5) is 2.31. The van der Waals surface area contributed by atoms with Gasteiger partial charge in [-0.05, 0) is 37.6 Å². The van der Waals surface area contributed by atoms with E-state index in [1.807, 2.05) is 0 Å². The first-order chi connectivity index (χ1) is 7.81. The summed E-state index contributed by atoms with van der Waals surface area (Å²) in [6.45, 7) is 5.24. The van der Waals surface area contributed by atoms with E-state index >= 15 is 0 Å². The summed E-state index contributed by atoms with van der Waals surface area (Å²) in [6.07, 6.45) is 1.13. The van der Waals surface area contributed by atoms with E-state index in [9.17, 15) is 5.11 Å². The van der Waals surface area contributed by atoms with Crippen molar-refractivity contribution in [2.45, 2.75) is 19.4 Å². The number of hydrogen-bond donors (Lipinski definition) is 2. The summed E-state index contributed by atoms with van der Waals surface area (Å²) < 4.78 is 0. The molecule has 0 saturated carbocycles. The molecule has 88 valence electrons. The standard InChI is InChI=1S/C13H20N2O/c1-11-4-2-5-12(8-11)15-7-3-6-14-9-13(15)10-16/h2,4-5,8,13-14,16H,3,6-7,9-10H2,1H3. The number of rotatable bonds is 2. The fourth-order valence-electron chi connectivity index (χ4n) is 2.25. The maximum absolute atomic E-state index is 9.44. The van der Waals surface area contributed by atoms with Gasteiger partial charge in [0, 0.05) is 18.8 Å². The summed E-state index contributed by atoms with van der Waals surface area (Å²) in [7, 11) is 0.